The van der Waals surface area contributed by atoms with Crippen LogP contribution in [0.15, 0.2) is 48.7 Å². The molecule has 31 heavy (non-hydrogen) atoms. The van der Waals surface area contributed by atoms with Crippen LogP contribution in [0.4, 0.5) is 13.2 Å². The van der Waals surface area contributed by atoms with Gasteiger partial charge in [-0.05, 0) is 25.5 Å². The van der Waals surface area contributed by atoms with Crippen LogP contribution in [-0.4, -0.2) is 39.9 Å². The van der Waals surface area contributed by atoms with Gasteiger partial charge in [0.05, 0.1) is 24.9 Å². The average Bonchev–Trinajstić information content (AvgIpc) is 3.27. The summed E-state index contributed by atoms with van der Waals surface area (Å²) >= 11 is 0. The van der Waals surface area contributed by atoms with E-state index in [2.05, 4.69) is 10.3 Å². The predicted octanol–water partition coefficient (Wildman–Crippen LogP) is 4.20. The van der Waals surface area contributed by atoms with Gasteiger partial charge in [0.25, 0.3) is 0 Å². The quantitative estimate of drug-likeness (QED) is 0.582. The lowest BCUT2D eigenvalue weighted by atomic mass is 9.95. The Morgan fingerprint density at radius 3 is 2.52 bits per heavy atom. The van der Waals surface area contributed by atoms with Crippen molar-refractivity contribution in [1.82, 2.24) is 15.0 Å². The van der Waals surface area contributed by atoms with E-state index in [0.29, 0.717) is 13.0 Å². The van der Waals surface area contributed by atoms with Crippen LogP contribution < -0.4 is 0 Å². The molecule has 0 radical (unpaired) electrons. The molecule has 3 aromatic rings. The number of aromatic nitrogens is 3. The van der Waals surface area contributed by atoms with Crippen LogP contribution in [0.5, 0.6) is 0 Å². The Labute approximate surface area is 176 Å². The van der Waals surface area contributed by atoms with Crippen LogP contribution in [0.3, 0.4) is 0 Å². The fourth-order valence-electron chi connectivity index (χ4n) is 4.15. The van der Waals surface area contributed by atoms with Gasteiger partial charge in [-0.3, -0.25) is 0 Å². The van der Waals surface area contributed by atoms with Gasteiger partial charge in [-0.1, -0.05) is 35.5 Å². The summed E-state index contributed by atoms with van der Waals surface area (Å²) in [6, 6.07) is 11.2. The average molecular weight is 431 g/mol. The molecule has 5 unspecified atom stereocenters. The third-order valence-corrected chi connectivity index (χ3v) is 5.62. The summed E-state index contributed by atoms with van der Waals surface area (Å²) in [4.78, 5) is 0. The molecule has 0 saturated carbocycles. The number of fused-ring (bicyclic) bond motifs is 1. The first kappa shape index (κ1) is 20.2. The van der Waals surface area contributed by atoms with Crippen molar-refractivity contribution >= 4 is 0 Å². The highest BCUT2D eigenvalue weighted by Crippen LogP contribution is 2.39. The molecule has 0 bridgehead atoms. The largest absolute Gasteiger partial charge is 0.370 e. The fraction of sp³-hybridized carbons (Fsp3) is 0.364. The maximum atomic E-state index is 13.6. The molecule has 0 spiro atoms. The highest BCUT2D eigenvalue weighted by molar-refractivity contribution is 5.57. The zero-order chi connectivity index (χ0) is 21.5. The maximum Gasteiger partial charge on any atom is 0.194 e. The molecule has 1 aromatic heterocycles. The minimum atomic E-state index is -1.51. The van der Waals surface area contributed by atoms with Gasteiger partial charge >= 0.3 is 0 Å². The van der Waals surface area contributed by atoms with Crippen molar-refractivity contribution in [2.75, 3.05) is 6.61 Å². The number of nitrogens with zero attached hydrogens (tertiary/aromatic N) is 3. The van der Waals surface area contributed by atoms with Crippen molar-refractivity contribution in [2.45, 2.75) is 44.0 Å². The van der Waals surface area contributed by atoms with Gasteiger partial charge in [-0.25, -0.2) is 17.9 Å². The third-order valence-electron chi connectivity index (χ3n) is 5.62. The van der Waals surface area contributed by atoms with Crippen LogP contribution in [0.2, 0.25) is 0 Å². The van der Waals surface area contributed by atoms with Crippen LogP contribution in [0.1, 0.15) is 31.2 Å². The molecule has 2 aromatic carbocycles. The summed E-state index contributed by atoms with van der Waals surface area (Å²) in [6.45, 7) is 2.32. The van der Waals surface area contributed by atoms with E-state index in [1.807, 2.05) is 37.3 Å². The van der Waals surface area contributed by atoms with Crippen LogP contribution >= 0.6 is 0 Å². The third kappa shape index (κ3) is 3.84. The van der Waals surface area contributed by atoms with Gasteiger partial charge in [0.1, 0.15) is 17.9 Å². The van der Waals surface area contributed by atoms with Crippen LogP contribution in [0.25, 0.3) is 11.3 Å². The molecule has 0 N–H and O–H groups in total. The molecule has 2 fully saturated rings. The summed E-state index contributed by atoms with van der Waals surface area (Å²) in [5, 5.41) is 8.22. The smallest absolute Gasteiger partial charge is 0.194 e. The second-order valence-corrected chi connectivity index (χ2v) is 7.80. The predicted molar refractivity (Wildman–Crippen MR) is 103 cm³/mol. The lowest BCUT2D eigenvalue weighted by Gasteiger charge is -2.45. The topological polar surface area (TPSA) is 58.4 Å². The maximum absolute atomic E-state index is 13.6. The number of rotatable bonds is 3. The SMILES string of the molecule is CC1CC(n2cc(-c3cc(F)c(F)c(F)c3)nn2)C2OC(c3ccccc3)OCC2O1. The standard InChI is InChI=1S/C22H20F3N3O3/c1-12-7-18(21-19(30-12)11-29-22(31-21)13-5-3-2-4-6-13)28-10-17(26-27-28)14-8-15(23)20(25)16(24)9-14/h2-6,8-10,12,18-19,21-22H,7,11H2,1H3. The molecule has 0 amide bonds. The first-order valence-electron chi connectivity index (χ1n) is 10.0. The van der Waals surface area contributed by atoms with E-state index in [9.17, 15) is 13.2 Å². The molecule has 6 nitrogen and oxygen atoms in total. The van der Waals surface area contributed by atoms with E-state index < -0.39 is 23.7 Å². The van der Waals surface area contributed by atoms with Crippen molar-refractivity contribution in [2.24, 2.45) is 0 Å². The molecule has 2 aliphatic rings. The van der Waals surface area contributed by atoms with Gasteiger partial charge in [-0.2, -0.15) is 0 Å². The van der Waals surface area contributed by atoms with Gasteiger partial charge in [0, 0.05) is 11.1 Å². The normalized spacial score (nSPS) is 28.3. The summed E-state index contributed by atoms with van der Waals surface area (Å²) in [5.41, 5.74) is 1.24. The molecule has 5 rings (SSSR count). The van der Waals surface area contributed by atoms with Crippen molar-refractivity contribution in [3.63, 3.8) is 0 Å². The Balaban J connectivity index is 1.43. The lowest BCUT2D eigenvalue weighted by molar-refractivity contribution is -0.298. The number of ether oxygens (including phenoxy) is 3. The van der Waals surface area contributed by atoms with Crippen molar-refractivity contribution in [1.29, 1.82) is 0 Å². The van der Waals surface area contributed by atoms with E-state index in [1.165, 1.54) is 0 Å². The molecule has 162 valence electrons. The van der Waals surface area contributed by atoms with E-state index in [4.69, 9.17) is 14.2 Å². The Hall–Kier alpha value is -2.75. The van der Waals surface area contributed by atoms with E-state index in [0.717, 1.165) is 17.7 Å². The van der Waals surface area contributed by atoms with E-state index in [1.54, 1.807) is 10.9 Å². The van der Waals surface area contributed by atoms with Crippen molar-refractivity contribution in [3.8, 4) is 11.3 Å². The summed E-state index contributed by atoms with van der Waals surface area (Å²) in [5.74, 6) is -4.06. The van der Waals surface area contributed by atoms with Gasteiger partial charge in [0.15, 0.2) is 23.7 Å². The van der Waals surface area contributed by atoms with Gasteiger partial charge in [0.2, 0.25) is 0 Å². The number of hydrogen-bond acceptors (Lipinski definition) is 5. The molecule has 0 aliphatic carbocycles. The van der Waals surface area contributed by atoms with Crippen molar-refractivity contribution < 1.29 is 27.4 Å². The zero-order valence-electron chi connectivity index (χ0n) is 16.6. The molecular formula is C22H20F3N3O3. The summed E-state index contributed by atoms with van der Waals surface area (Å²) in [7, 11) is 0. The monoisotopic (exact) mass is 431 g/mol. The minimum Gasteiger partial charge on any atom is -0.370 e. The van der Waals surface area contributed by atoms with Gasteiger partial charge < -0.3 is 14.2 Å². The van der Waals surface area contributed by atoms with Crippen LogP contribution in [-0.2, 0) is 14.2 Å². The Morgan fingerprint density at radius 2 is 1.77 bits per heavy atom. The highest BCUT2D eigenvalue weighted by atomic mass is 19.2. The number of benzene rings is 2. The molecule has 5 atom stereocenters. The Bertz CT molecular complexity index is 1060. The van der Waals surface area contributed by atoms with E-state index >= 15 is 0 Å². The molecule has 2 aliphatic heterocycles. The Kier molecular flexibility index (Phi) is 5.25. The van der Waals surface area contributed by atoms with E-state index in [-0.39, 0.29) is 35.6 Å². The second-order valence-electron chi connectivity index (χ2n) is 7.80. The number of hydrogen-bond donors (Lipinski definition) is 0. The zero-order valence-corrected chi connectivity index (χ0v) is 16.6. The second kappa shape index (κ2) is 8.07. The molecule has 9 heteroatoms. The summed E-state index contributed by atoms with van der Waals surface area (Å²) in [6.07, 6.45) is 0.943. The first-order chi connectivity index (χ1) is 15.0. The summed E-state index contributed by atoms with van der Waals surface area (Å²) < 4.78 is 60.3. The molecule has 3 heterocycles. The van der Waals surface area contributed by atoms with Crippen LogP contribution in [0, 0.1) is 17.5 Å². The minimum absolute atomic E-state index is 0.0694. The Morgan fingerprint density at radius 1 is 1.03 bits per heavy atom. The number of halogens is 3. The fourth-order valence-corrected chi connectivity index (χ4v) is 4.15. The first-order valence-corrected chi connectivity index (χ1v) is 10.0. The molecule has 2 saturated heterocycles. The highest BCUT2D eigenvalue weighted by Gasteiger charge is 2.44. The van der Waals surface area contributed by atoms with Gasteiger partial charge in [-0.15, -0.1) is 5.10 Å². The lowest BCUT2D eigenvalue weighted by Crippen LogP contribution is -2.52. The van der Waals surface area contributed by atoms with Crippen molar-refractivity contribution in [3.05, 3.63) is 71.7 Å². The molecular weight excluding hydrogens is 411 g/mol.